The first-order valence-corrected chi connectivity index (χ1v) is 7.18. The average molecular weight is 288 g/mol. The Morgan fingerprint density at radius 1 is 1.19 bits per heavy atom. The van der Waals surface area contributed by atoms with Crippen LogP contribution < -0.4 is 4.90 Å². The van der Waals surface area contributed by atoms with Gasteiger partial charge in [0.25, 0.3) is 0 Å². The lowest BCUT2D eigenvalue weighted by molar-refractivity contribution is 0.281. The van der Waals surface area contributed by atoms with Crippen molar-refractivity contribution in [2.45, 2.75) is 32.9 Å². The van der Waals surface area contributed by atoms with Crippen molar-refractivity contribution >= 4 is 5.82 Å². The molecule has 0 amide bonds. The summed E-state index contributed by atoms with van der Waals surface area (Å²) in [5.74, 6) is 0.568. The van der Waals surface area contributed by atoms with Crippen LogP contribution in [0.5, 0.6) is 0 Å². The molecule has 1 heterocycles. The second-order valence-electron chi connectivity index (χ2n) is 5.22. The van der Waals surface area contributed by atoms with Crippen LogP contribution in [-0.2, 0) is 19.6 Å². The number of nitrogens with zero attached hydrogens (tertiary/aromatic N) is 2. The van der Waals surface area contributed by atoms with Crippen molar-refractivity contribution in [3.8, 4) is 0 Å². The second-order valence-corrected chi connectivity index (χ2v) is 5.22. The molecule has 0 spiro atoms. The minimum atomic E-state index is -0.232. The van der Waals surface area contributed by atoms with Crippen LogP contribution in [0.25, 0.3) is 0 Å². The van der Waals surface area contributed by atoms with Gasteiger partial charge in [0, 0.05) is 19.3 Å². The largest absolute Gasteiger partial charge is 0.392 e. The van der Waals surface area contributed by atoms with Crippen molar-refractivity contribution < 1.29 is 9.50 Å². The summed E-state index contributed by atoms with van der Waals surface area (Å²) in [4.78, 5) is 6.58. The highest BCUT2D eigenvalue weighted by Gasteiger charge is 2.08. The first-order valence-electron chi connectivity index (χ1n) is 7.18. The van der Waals surface area contributed by atoms with Crippen LogP contribution >= 0.6 is 0 Å². The number of halogens is 1. The lowest BCUT2D eigenvalue weighted by Gasteiger charge is -2.20. The van der Waals surface area contributed by atoms with Crippen molar-refractivity contribution in [3.63, 3.8) is 0 Å². The van der Waals surface area contributed by atoms with E-state index >= 15 is 0 Å². The molecule has 0 radical (unpaired) electrons. The maximum absolute atomic E-state index is 13.2. The maximum atomic E-state index is 13.2. The van der Waals surface area contributed by atoms with Gasteiger partial charge in [-0.3, -0.25) is 0 Å². The predicted octanol–water partition coefficient (Wildman–Crippen LogP) is 3.30. The van der Waals surface area contributed by atoms with Crippen LogP contribution in [0.4, 0.5) is 10.2 Å². The van der Waals surface area contributed by atoms with Crippen LogP contribution in [-0.4, -0.2) is 17.1 Å². The van der Waals surface area contributed by atoms with Gasteiger partial charge in [-0.1, -0.05) is 25.5 Å². The Kier molecular flexibility index (Phi) is 5.28. The zero-order valence-corrected chi connectivity index (χ0v) is 12.5. The molecule has 0 fully saturated rings. The summed E-state index contributed by atoms with van der Waals surface area (Å²) in [6, 6.07) is 10.4. The van der Waals surface area contributed by atoms with Crippen LogP contribution in [0.2, 0.25) is 0 Å². The molecular weight excluding hydrogens is 267 g/mol. The lowest BCUT2D eigenvalue weighted by atomic mass is 10.1. The Labute approximate surface area is 125 Å². The quantitative estimate of drug-likeness (QED) is 0.886. The van der Waals surface area contributed by atoms with E-state index in [1.807, 2.05) is 30.1 Å². The van der Waals surface area contributed by atoms with E-state index < -0.39 is 0 Å². The molecule has 2 rings (SSSR count). The third-order valence-electron chi connectivity index (χ3n) is 3.31. The molecule has 0 bridgehead atoms. The fraction of sp³-hybridized carbons (Fsp3) is 0.353. The molecule has 4 heteroatoms. The van der Waals surface area contributed by atoms with Crippen molar-refractivity contribution in [1.29, 1.82) is 0 Å². The first-order chi connectivity index (χ1) is 10.1. The summed E-state index contributed by atoms with van der Waals surface area (Å²) in [5, 5.41) is 9.37. The summed E-state index contributed by atoms with van der Waals surface area (Å²) in [7, 11) is 1.92. The number of aromatic nitrogens is 1. The normalized spacial score (nSPS) is 10.7. The van der Waals surface area contributed by atoms with E-state index in [1.54, 1.807) is 6.07 Å². The zero-order valence-electron chi connectivity index (χ0n) is 12.5. The van der Waals surface area contributed by atoms with Crippen molar-refractivity contribution in [2.24, 2.45) is 0 Å². The van der Waals surface area contributed by atoms with Crippen LogP contribution in [0.3, 0.4) is 0 Å². The Hall–Kier alpha value is -1.94. The smallest absolute Gasteiger partial charge is 0.129 e. The second kappa shape index (κ2) is 7.18. The molecule has 0 aliphatic carbocycles. The molecule has 21 heavy (non-hydrogen) atoms. The molecule has 0 unspecified atom stereocenters. The standard InChI is InChI=1S/C17H21FN2O/c1-3-5-16-9-14(12-21)10-17(19-16)20(2)11-13-6-4-7-15(18)8-13/h4,6-10,21H,3,5,11-12H2,1-2H3. The third kappa shape index (κ3) is 4.26. The number of aliphatic hydroxyl groups is 1. The monoisotopic (exact) mass is 288 g/mol. The SMILES string of the molecule is CCCc1cc(CO)cc(N(C)Cc2cccc(F)c2)n1. The number of aryl methyl sites for hydroxylation is 1. The van der Waals surface area contributed by atoms with Crippen molar-refractivity contribution in [2.75, 3.05) is 11.9 Å². The summed E-state index contributed by atoms with van der Waals surface area (Å²) >= 11 is 0. The van der Waals surface area contributed by atoms with E-state index in [9.17, 15) is 9.50 Å². The van der Waals surface area contributed by atoms with Gasteiger partial charge in [-0.05, 0) is 41.8 Å². The van der Waals surface area contributed by atoms with Gasteiger partial charge in [0.1, 0.15) is 11.6 Å². The van der Waals surface area contributed by atoms with Gasteiger partial charge in [-0.15, -0.1) is 0 Å². The van der Waals surface area contributed by atoms with Crippen LogP contribution in [0, 0.1) is 5.82 Å². The fourth-order valence-corrected chi connectivity index (χ4v) is 2.29. The van der Waals surface area contributed by atoms with E-state index in [-0.39, 0.29) is 12.4 Å². The fourth-order valence-electron chi connectivity index (χ4n) is 2.29. The van der Waals surface area contributed by atoms with E-state index in [2.05, 4.69) is 11.9 Å². The minimum absolute atomic E-state index is 0.0000391. The van der Waals surface area contributed by atoms with Gasteiger partial charge in [-0.2, -0.15) is 0 Å². The molecule has 0 aliphatic heterocycles. The van der Waals surface area contributed by atoms with Gasteiger partial charge < -0.3 is 10.0 Å². The van der Waals surface area contributed by atoms with Gasteiger partial charge in [0.2, 0.25) is 0 Å². The molecule has 3 nitrogen and oxygen atoms in total. The van der Waals surface area contributed by atoms with Gasteiger partial charge in [-0.25, -0.2) is 9.37 Å². The molecule has 1 N–H and O–H groups in total. The summed E-state index contributed by atoms with van der Waals surface area (Å²) in [6.45, 7) is 2.68. The summed E-state index contributed by atoms with van der Waals surface area (Å²) < 4.78 is 13.2. The molecule has 0 saturated carbocycles. The molecule has 1 aromatic carbocycles. The van der Waals surface area contributed by atoms with Gasteiger partial charge in [0.05, 0.1) is 6.61 Å². The average Bonchev–Trinajstić information content (AvgIpc) is 2.47. The Morgan fingerprint density at radius 3 is 2.67 bits per heavy atom. The number of pyridine rings is 1. The summed E-state index contributed by atoms with van der Waals surface area (Å²) in [6.07, 6.45) is 1.89. The van der Waals surface area contributed by atoms with E-state index in [0.29, 0.717) is 6.54 Å². The van der Waals surface area contributed by atoms with Gasteiger partial charge in [0.15, 0.2) is 0 Å². The Bertz CT molecular complexity index is 601. The van der Waals surface area contributed by atoms with E-state index in [4.69, 9.17) is 0 Å². The molecule has 0 atom stereocenters. The maximum Gasteiger partial charge on any atom is 0.129 e. The molecule has 1 aromatic heterocycles. The van der Waals surface area contributed by atoms with Crippen molar-refractivity contribution in [3.05, 3.63) is 59.0 Å². The molecule has 0 aliphatic rings. The molecule has 2 aromatic rings. The van der Waals surface area contributed by atoms with Crippen LogP contribution in [0.15, 0.2) is 36.4 Å². The summed E-state index contributed by atoms with van der Waals surface area (Å²) in [5.41, 5.74) is 2.73. The topological polar surface area (TPSA) is 36.4 Å². The number of hydrogen-bond acceptors (Lipinski definition) is 3. The molecular formula is C17H21FN2O. The predicted molar refractivity (Wildman–Crippen MR) is 82.7 cm³/mol. The molecule has 0 saturated heterocycles. The number of hydrogen-bond donors (Lipinski definition) is 1. The van der Waals surface area contributed by atoms with Crippen molar-refractivity contribution in [1.82, 2.24) is 4.98 Å². The number of aliphatic hydroxyl groups excluding tert-OH is 1. The first kappa shape index (κ1) is 15.4. The lowest BCUT2D eigenvalue weighted by Crippen LogP contribution is -2.18. The highest BCUT2D eigenvalue weighted by atomic mass is 19.1. The molecule has 112 valence electrons. The zero-order chi connectivity index (χ0) is 15.2. The van der Waals surface area contributed by atoms with Crippen LogP contribution in [0.1, 0.15) is 30.2 Å². The number of benzene rings is 1. The Morgan fingerprint density at radius 2 is 2.00 bits per heavy atom. The highest BCUT2D eigenvalue weighted by molar-refractivity contribution is 5.42. The Balaban J connectivity index is 2.21. The highest BCUT2D eigenvalue weighted by Crippen LogP contribution is 2.18. The van der Waals surface area contributed by atoms with Gasteiger partial charge >= 0.3 is 0 Å². The number of rotatable bonds is 6. The number of anilines is 1. The van der Waals surface area contributed by atoms with E-state index in [1.165, 1.54) is 12.1 Å². The third-order valence-corrected chi connectivity index (χ3v) is 3.31. The minimum Gasteiger partial charge on any atom is -0.392 e. The van der Waals surface area contributed by atoms with E-state index in [0.717, 1.165) is 35.5 Å².